The lowest BCUT2D eigenvalue weighted by Gasteiger charge is -2.20. The second-order valence-corrected chi connectivity index (χ2v) is 4.21. The van der Waals surface area contributed by atoms with Crippen LogP contribution in [0.2, 0.25) is 0 Å². The smallest absolute Gasteiger partial charge is 0.284 e. The number of aliphatic hydroxyl groups excluding tert-OH is 1. The van der Waals surface area contributed by atoms with Gasteiger partial charge in [0.05, 0.1) is 5.69 Å². The third-order valence-electron chi connectivity index (χ3n) is 3.28. The Morgan fingerprint density at radius 1 is 1.33 bits per heavy atom. The van der Waals surface area contributed by atoms with Crippen molar-refractivity contribution in [3.05, 3.63) is 41.5 Å². The summed E-state index contributed by atoms with van der Waals surface area (Å²) in [6.07, 6.45) is 0. The van der Waals surface area contributed by atoms with E-state index in [1.165, 1.54) is 11.9 Å². The Bertz CT molecular complexity index is 622. The number of rotatable bonds is 0. The lowest BCUT2D eigenvalue weighted by Crippen LogP contribution is -2.44. The van der Waals surface area contributed by atoms with Crippen molar-refractivity contribution in [1.29, 1.82) is 0 Å². The number of anilines is 1. The third kappa shape index (κ3) is 0.935. The first kappa shape index (κ1) is 10.6. The topological polar surface area (TPSA) is 92.9 Å². The number of benzene rings is 1. The summed E-state index contributed by atoms with van der Waals surface area (Å²) in [6.45, 7) is 0. The Balaban J connectivity index is 2.27. The molecule has 2 aliphatic heterocycles. The minimum absolute atomic E-state index is 0.398. The van der Waals surface area contributed by atoms with E-state index in [2.05, 4.69) is 0 Å². The first-order valence-electron chi connectivity index (χ1n) is 5.30. The second-order valence-electron chi connectivity index (χ2n) is 4.21. The standard InChI is InChI=1S/C12H10N2O4/c1-14-7-5-3-2-4-6(7)12(11(14)17)9(16)8(15)10(13)18-12/h2-5,15H,13H2,1H3/t12-/m1/s1. The quantitative estimate of drug-likeness (QED) is 0.635. The highest BCUT2D eigenvalue weighted by molar-refractivity contribution is 6.25. The molecular weight excluding hydrogens is 236 g/mol. The zero-order valence-electron chi connectivity index (χ0n) is 9.51. The van der Waals surface area contributed by atoms with Crippen LogP contribution >= 0.6 is 0 Å². The molecule has 18 heavy (non-hydrogen) atoms. The van der Waals surface area contributed by atoms with Gasteiger partial charge >= 0.3 is 0 Å². The fourth-order valence-corrected chi connectivity index (χ4v) is 2.38. The molecule has 3 rings (SSSR count). The summed E-state index contributed by atoms with van der Waals surface area (Å²) in [4.78, 5) is 25.7. The first-order valence-corrected chi connectivity index (χ1v) is 5.30. The van der Waals surface area contributed by atoms with E-state index in [4.69, 9.17) is 10.5 Å². The van der Waals surface area contributed by atoms with Crippen molar-refractivity contribution in [2.24, 2.45) is 5.73 Å². The minimum atomic E-state index is -1.85. The van der Waals surface area contributed by atoms with Crippen LogP contribution in [0, 0.1) is 0 Å². The Morgan fingerprint density at radius 3 is 2.61 bits per heavy atom. The van der Waals surface area contributed by atoms with Crippen LogP contribution in [0.3, 0.4) is 0 Å². The monoisotopic (exact) mass is 246 g/mol. The van der Waals surface area contributed by atoms with Crippen LogP contribution in [0.4, 0.5) is 5.69 Å². The van der Waals surface area contributed by atoms with Gasteiger partial charge in [-0.3, -0.25) is 9.59 Å². The highest BCUT2D eigenvalue weighted by Crippen LogP contribution is 2.47. The van der Waals surface area contributed by atoms with E-state index in [-0.39, 0.29) is 0 Å². The molecule has 1 amide bonds. The molecule has 0 saturated heterocycles. The molecule has 6 nitrogen and oxygen atoms in total. The number of hydrogen-bond acceptors (Lipinski definition) is 5. The minimum Gasteiger partial charge on any atom is -0.501 e. The van der Waals surface area contributed by atoms with Crippen LogP contribution in [0.25, 0.3) is 0 Å². The summed E-state index contributed by atoms with van der Waals surface area (Å²) in [5, 5.41) is 9.53. The van der Waals surface area contributed by atoms with Crippen LogP contribution < -0.4 is 10.6 Å². The second kappa shape index (κ2) is 3.04. The van der Waals surface area contributed by atoms with E-state index in [0.29, 0.717) is 11.3 Å². The molecule has 1 atom stereocenters. The molecule has 1 spiro atoms. The molecule has 3 N–H and O–H groups in total. The van der Waals surface area contributed by atoms with Crippen molar-refractivity contribution >= 4 is 17.4 Å². The van der Waals surface area contributed by atoms with Crippen molar-refractivity contribution in [3.8, 4) is 0 Å². The van der Waals surface area contributed by atoms with Crippen LogP contribution in [-0.2, 0) is 19.9 Å². The molecule has 0 unspecified atom stereocenters. The molecule has 0 saturated carbocycles. The maximum Gasteiger partial charge on any atom is 0.284 e. The fraction of sp³-hybridized carbons (Fsp3) is 0.167. The Labute approximate surface area is 102 Å². The summed E-state index contributed by atoms with van der Waals surface area (Å²) in [7, 11) is 1.54. The van der Waals surface area contributed by atoms with Crippen molar-refractivity contribution in [2.75, 3.05) is 11.9 Å². The van der Waals surface area contributed by atoms with Crippen LogP contribution in [0.1, 0.15) is 5.56 Å². The molecule has 2 aliphatic rings. The normalized spacial score (nSPS) is 25.9. The van der Waals surface area contributed by atoms with Gasteiger partial charge in [-0.05, 0) is 6.07 Å². The lowest BCUT2D eigenvalue weighted by molar-refractivity contribution is -0.147. The van der Waals surface area contributed by atoms with Gasteiger partial charge in [-0.25, -0.2) is 0 Å². The van der Waals surface area contributed by atoms with Gasteiger partial charge in [0.2, 0.25) is 11.6 Å². The van der Waals surface area contributed by atoms with Crippen molar-refractivity contribution < 1.29 is 19.4 Å². The SMILES string of the molecule is CN1C(=O)[C@@]2(OC(N)=C(O)C2=O)c2ccccc21. The van der Waals surface area contributed by atoms with Gasteiger partial charge in [0.25, 0.3) is 17.3 Å². The summed E-state index contributed by atoms with van der Waals surface area (Å²) in [5.41, 5.74) is 4.52. The predicted octanol–water partition coefficient (Wildman–Crippen LogP) is 0.143. The van der Waals surface area contributed by atoms with E-state index in [1.54, 1.807) is 24.3 Å². The van der Waals surface area contributed by atoms with Gasteiger partial charge < -0.3 is 20.5 Å². The van der Waals surface area contributed by atoms with Gasteiger partial charge in [0.1, 0.15) is 0 Å². The molecule has 0 aromatic heterocycles. The average molecular weight is 246 g/mol. The van der Waals surface area contributed by atoms with Gasteiger partial charge in [0, 0.05) is 12.6 Å². The molecule has 6 heteroatoms. The maximum atomic E-state index is 12.3. The molecule has 0 radical (unpaired) electrons. The van der Waals surface area contributed by atoms with Gasteiger partial charge in [-0.15, -0.1) is 0 Å². The molecule has 2 heterocycles. The van der Waals surface area contributed by atoms with E-state index < -0.39 is 28.9 Å². The molecule has 92 valence electrons. The fourth-order valence-electron chi connectivity index (χ4n) is 2.38. The number of nitrogens with zero attached hydrogens (tertiary/aromatic N) is 1. The maximum absolute atomic E-state index is 12.3. The number of nitrogens with two attached hydrogens (primary N) is 1. The van der Waals surface area contributed by atoms with E-state index in [1.807, 2.05) is 0 Å². The summed E-state index contributed by atoms with van der Waals surface area (Å²) in [6, 6.07) is 6.75. The third-order valence-corrected chi connectivity index (χ3v) is 3.28. The van der Waals surface area contributed by atoms with Gasteiger partial charge in [0.15, 0.2) is 0 Å². The number of aliphatic hydroxyl groups is 1. The Kier molecular flexibility index (Phi) is 1.80. The number of carbonyl (C=O) groups is 2. The highest BCUT2D eigenvalue weighted by atomic mass is 16.5. The van der Waals surface area contributed by atoms with Crippen LogP contribution in [0.15, 0.2) is 35.9 Å². The Morgan fingerprint density at radius 2 is 2.00 bits per heavy atom. The Hall–Kier alpha value is -2.50. The lowest BCUT2D eigenvalue weighted by atomic mass is 9.91. The molecule has 0 aliphatic carbocycles. The molecule has 0 bridgehead atoms. The van der Waals surface area contributed by atoms with Crippen LogP contribution in [0.5, 0.6) is 0 Å². The van der Waals surface area contributed by atoms with Crippen molar-refractivity contribution in [2.45, 2.75) is 5.60 Å². The zero-order chi connectivity index (χ0) is 13.1. The number of hydrogen-bond donors (Lipinski definition) is 2. The van der Waals surface area contributed by atoms with E-state index in [9.17, 15) is 14.7 Å². The van der Waals surface area contributed by atoms with Crippen LogP contribution in [-0.4, -0.2) is 23.8 Å². The van der Waals surface area contributed by atoms with Gasteiger partial charge in [-0.2, -0.15) is 0 Å². The van der Waals surface area contributed by atoms with E-state index >= 15 is 0 Å². The molecule has 0 fully saturated rings. The van der Waals surface area contributed by atoms with Gasteiger partial charge in [-0.1, -0.05) is 18.2 Å². The molecule has 1 aromatic rings. The first-order chi connectivity index (χ1) is 8.50. The molecular formula is C12H10N2O4. The largest absolute Gasteiger partial charge is 0.501 e. The number of likely N-dealkylation sites (N-methyl/N-ethyl adjacent to an activating group) is 1. The highest BCUT2D eigenvalue weighted by Gasteiger charge is 2.63. The number of amides is 1. The number of para-hydroxylation sites is 1. The van der Waals surface area contributed by atoms with E-state index in [0.717, 1.165) is 0 Å². The number of ketones is 1. The molecule has 1 aromatic carbocycles. The number of fused-ring (bicyclic) bond motifs is 2. The number of carbonyl (C=O) groups excluding carboxylic acids is 2. The predicted molar refractivity (Wildman–Crippen MR) is 61.5 cm³/mol. The number of Topliss-reactive ketones (excluding diaryl/α,β-unsaturated/α-hetero) is 1. The summed E-state index contributed by atoms with van der Waals surface area (Å²) >= 11 is 0. The van der Waals surface area contributed by atoms with Crippen molar-refractivity contribution in [3.63, 3.8) is 0 Å². The van der Waals surface area contributed by atoms with Crippen molar-refractivity contribution in [1.82, 2.24) is 0 Å². The average Bonchev–Trinajstić information content (AvgIpc) is 2.73. The zero-order valence-corrected chi connectivity index (χ0v) is 9.51. The number of ether oxygens (including phenoxy) is 1. The summed E-state index contributed by atoms with van der Waals surface area (Å²) in [5.74, 6) is -2.49. The summed E-state index contributed by atoms with van der Waals surface area (Å²) < 4.78 is 5.21.